The highest BCUT2D eigenvalue weighted by Crippen LogP contribution is 2.12. The zero-order chi connectivity index (χ0) is 22.8. The van der Waals surface area contributed by atoms with Gasteiger partial charge in [-0.3, -0.25) is 24.8 Å². The minimum atomic E-state index is -0.925. The van der Waals surface area contributed by atoms with Crippen LogP contribution in [-0.2, 0) is 25.7 Å². The summed E-state index contributed by atoms with van der Waals surface area (Å²) in [6, 6.07) is 8.24. The number of ether oxygens (including phenoxy) is 1. The van der Waals surface area contributed by atoms with E-state index in [1.807, 2.05) is 44.2 Å². The normalized spacial score (nSPS) is 16.4. The number of benzene rings is 1. The second-order valence-corrected chi connectivity index (χ2v) is 8.05. The average Bonchev–Trinajstić information content (AvgIpc) is 3.15. The molecule has 2 atom stereocenters. The Balaban J connectivity index is 1.99. The van der Waals surface area contributed by atoms with Crippen LogP contribution in [0.5, 0.6) is 0 Å². The topological polar surface area (TPSA) is 117 Å². The predicted molar refractivity (Wildman–Crippen MR) is 115 cm³/mol. The second-order valence-electron chi connectivity index (χ2n) is 7.78. The molecular formula is C21H29ClN4O5. The van der Waals surface area contributed by atoms with Crippen LogP contribution in [0.15, 0.2) is 30.3 Å². The van der Waals surface area contributed by atoms with Crippen LogP contribution in [-0.4, -0.2) is 53.8 Å². The summed E-state index contributed by atoms with van der Waals surface area (Å²) < 4.78 is 5.20. The van der Waals surface area contributed by atoms with E-state index in [1.54, 1.807) is 0 Å². The van der Waals surface area contributed by atoms with Gasteiger partial charge in [-0.05, 0) is 24.3 Å². The molecule has 170 valence electrons. The number of nitrogens with one attached hydrogen (secondary N) is 3. The molecule has 1 aromatic rings. The Labute approximate surface area is 186 Å². The second kappa shape index (κ2) is 12.1. The number of hydrogen-bond donors (Lipinski definition) is 3. The highest BCUT2D eigenvalue weighted by Gasteiger charge is 2.31. The monoisotopic (exact) mass is 452 g/mol. The van der Waals surface area contributed by atoms with Crippen molar-refractivity contribution in [2.75, 3.05) is 19.0 Å². The zero-order valence-corrected chi connectivity index (χ0v) is 18.5. The molecule has 0 saturated carbocycles. The van der Waals surface area contributed by atoms with E-state index in [4.69, 9.17) is 16.3 Å². The van der Waals surface area contributed by atoms with Crippen molar-refractivity contribution in [3.63, 3.8) is 0 Å². The molecule has 0 unspecified atom stereocenters. The lowest BCUT2D eigenvalue weighted by Gasteiger charge is -2.27. The van der Waals surface area contributed by atoms with Gasteiger partial charge in [-0.2, -0.15) is 0 Å². The standard InChI is InChI=1S/C21H29ClN4O5/c1-14(2)10-17(24-21(30)31-13-15-6-4-3-5-7-15)20(29)25-26(18(27)11-22)12-16-8-9-23-19(16)28/h3-7,14,16-17H,8-13H2,1-2H3,(H,23,28)(H,24,30)(H,25,29)/t16-,17+/m0/s1. The molecule has 3 N–H and O–H groups in total. The van der Waals surface area contributed by atoms with Crippen LogP contribution >= 0.6 is 11.6 Å². The molecule has 0 aromatic heterocycles. The summed E-state index contributed by atoms with van der Waals surface area (Å²) >= 11 is 5.67. The maximum atomic E-state index is 12.9. The van der Waals surface area contributed by atoms with E-state index in [2.05, 4.69) is 16.1 Å². The van der Waals surface area contributed by atoms with Crippen LogP contribution in [0.4, 0.5) is 4.79 Å². The van der Waals surface area contributed by atoms with E-state index in [9.17, 15) is 19.2 Å². The molecule has 1 aromatic carbocycles. The number of alkyl halides is 1. The Morgan fingerprint density at radius 3 is 2.55 bits per heavy atom. The number of hydrazine groups is 1. The largest absolute Gasteiger partial charge is 0.445 e. The van der Waals surface area contributed by atoms with Gasteiger partial charge in [0.05, 0.1) is 12.5 Å². The Hall–Kier alpha value is -2.81. The van der Waals surface area contributed by atoms with Crippen molar-refractivity contribution >= 4 is 35.4 Å². The fraction of sp³-hybridized carbons (Fsp3) is 0.524. The first-order chi connectivity index (χ1) is 14.8. The van der Waals surface area contributed by atoms with E-state index < -0.39 is 29.9 Å². The number of rotatable bonds is 9. The van der Waals surface area contributed by atoms with Crippen LogP contribution in [0.2, 0.25) is 0 Å². The lowest BCUT2D eigenvalue weighted by molar-refractivity contribution is -0.142. The third-order valence-electron chi connectivity index (χ3n) is 4.75. The number of hydrogen-bond acceptors (Lipinski definition) is 5. The van der Waals surface area contributed by atoms with Crippen molar-refractivity contribution in [3.05, 3.63) is 35.9 Å². The van der Waals surface area contributed by atoms with Crippen molar-refractivity contribution in [1.82, 2.24) is 21.1 Å². The lowest BCUT2D eigenvalue weighted by atomic mass is 10.0. The number of amides is 4. The SMILES string of the molecule is CC(C)C[C@@H](NC(=O)OCc1ccccc1)C(=O)NN(C[C@@H]1CCNC1=O)C(=O)CCl. The van der Waals surface area contributed by atoms with Gasteiger partial charge in [0, 0.05) is 6.54 Å². The van der Waals surface area contributed by atoms with E-state index in [0.29, 0.717) is 19.4 Å². The third-order valence-corrected chi connectivity index (χ3v) is 4.98. The molecular weight excluding hydrogens is 424 g/mol. The summed E-state index contributed by atoms with van der Waals surface area (Å²) in [6.45, 7) is 4.40. The Bertz CT molecular complexity index is 774. The minimum absolute atomic E-state index is 0.00990. The van der Waals surface area contributed by atoms with Gasteiger partial charge in [0.15, 0.2) is 0 Å². The molecule has 9 nitrogen and oxygen atoms in total. The molecule has 2 rings (SSSR count). The van der Waals surface area contributed by atoms with E-state index in [1.165, 1.54) is 0 Å². The quantitative estimate of drug-likeness (QED) is 0.388. The van der Waals surface area contributed by atoms with Crippen molar-refractivity contribution in [2.24, 2.45) is 11.8 Å². The number of carbonyl (C=O) groups excluding carboxylic acids is 4. The van der Waals surface area contributed by atoms with Crippen LogP contribution in [0.25, 0.3) is 0 Å². The summed E-state index contributed by atoms with van der Waals surface area (Å²) in [4.78, 5) is 49.2. The summed E-state index contributed by atoms with van der Waals surface area (Å²) in [6.07, 6.45) is 0.148. The van der Waals surface area contributed by atoms with Crippen molar-refractivity contribution < 1.29 is 23.9 Å². The molecule has 0 bridgehead atoms. The number of alkyl carbamates (subject to hydrolysis) is 1. The zero-order valence-electron chi connectivity index (χ0n) is 17.7. The van der Waals surface area contributed by atoms with Crippen LogP contribution < -0.4 is 16.1 Å². The Kier molecular flexibility index (Phi) is 9.58. The summed E-state index contributed by atoms with van der Waals surface area (Å²) in [7, 11) is 0. The molecule has 1 heterocycles. The summed E-state index contributed by atoms with van der Waals surface area (Å²) in [5.41, 5.74) is 3.33. The summed E-state index contributed by atoms with van der Waals surface area (Å²) in [5.74, 6) is -1.99. The first-order valence-electron chi connectivity index (χ1n) is 10.2. The van der Waals surface area contributed by atoms with Gasteiger partial charge in [-0.25, -0.2) is 4.79 Å². The third kappa shape index (κ3) is 8.09. The molecule has 0 spiro atoms. The predicted octanol–water partition coefficient (Wildman–Crippen LogP) is 1.56. The number of carbonyl (C=O) groups is 4. The molecule has 31 heavy (non-hydrogen) atoms. The summed E-state index contributed by atoms with van der Waals surface area (Å²) in [5, 5.41) is 6.30. The molecule has 4 amide bonds. The fourth-order valence-corrected chi connectivity index (χ4v) is 3.29. The maximum Gasteiger partial charge on any atom is 0.408 e. The maximum absolute atomic E-state index is 12.9. The highest BCUT2D eigenvalue weighted by atomic mass is 35.5. The van der Waals surface area contributed by atoms with Crippen molar-refractivity contribution in [1.29, 1.82) is 0 Å². The Morgan fingerprint density at radius 1 is 1.26 bits per heavy atom. The van der Waals surface area contributed by atoms with E-state index >= 15 is 0 Å². The highest BCUT2D eigenvalue weighted by molar-refractivity contribution is 6.27. The molecule has 1 aliphatic heterocycles. The molecule has 0 aliphatic carbocycles. The first-order valence-corrected chi connectivity index (χ1v) is 10.7. The number of halogens is 1. The fourth-order valence-electron chi connectivity index (χ4n) is 3.14. The van der Waals surface area contributed by atoms with E-state index in [0.717, 1.165) is 10.6 Å². The van der Waals surface area contributed by atoms with Gasteiger partial charge in [0.1, 0.15) is 18.5 Å². The van der Waals surface area contributed by atoms with Gasteiger partial charge in [0.25, 0.3) is 11.8 Å². The van der Waals surface area contributed by atoms with Gasteiger partial charge in [-0.15, -0.1) is 11.6 Å². The lowest BCUT2D eigenvalue weighted by Crippen LogP contribution is -2.56. The molecule has 1 fully saturated rings. The number of nitrogens with zero attached hydrogens (tertiary/aromatic N) is 1. The molecule has 1 aliphatic rings. The van der Waals surface area contributed by atoms with Crippen LogP contribution in [0, 0.1) is 11.8 Å². The minimum Gasteiger partial charge on any atom is -0.445 e. The first kappa shape index (κ1) is 24.5. The van der Waals surface area contributed by atoms with Gasteiger partial charge < -0.3 is 15.4 Å². The van der Waals surface area contributed by atoms with E-state index in [-0.39, 0.29) is 30.9 Å². The molecule has 10 heteroatoms. The smallest absolute Gasteiger partial charge is 0.408 e. The molecule has 1 saturated heterocycles. The van der Waals surface area contributed by atoms with Gasteiger partial charge in [0.2, 0.25) is 5.91 Å². The molecule has 0 radical (unpaired) electrons. The van der Waals surface area contributed by atoms with Crippen molar-refractivity contribution in [3.8, 4) is 0 Å². The van der Waals surface area contributed by atoms with Crippen LogP contribution in [0.3, 0.4) is 0 Å². The van der Waals surface area contributed by atoms with Gasteiger partial charge >= 0.3 is 6.09 Å². The average molecular weight is 453 g/mol. The van der Waals surface area contributed by atoms with Crippen molar-refractivity contribution in [2.45, 2.75) is 39.3 Å². The van der Waals surface area contributed by atoms with Crippen LogP contribution in [0.1, 0.15) is 32.3 Å². The Morgan fingerprint density at radius 2 is 1.97 bits per heavy atom. The van der Waals surface area contributed by atoms with Gasteiger partial charge in [-0.1, -0.05) is 44.2 Å².